The molecule has 2 rings (SSSR count). The summed E-state index contributed by atoms with van der Waals surface area (Å²) in [5.41, 5.74) is 0.777. The molecule has 1 atom stereocenters. The van der Waals surface area contributed by atoms with E-state index in [-0.39, 0.29) is 17.2 Å². The Kier molecular flexibility index (Phi) is 5.18. The van der Waals surface area contributed by atoms with Crippen LogP contribution in [0.2, 0.25) is 0 Å². The number of amides is 1. The molecule has 0 aliphatic rings. The van der Waals surface area contributed by atoms with Crippen LogP contribution in [0.5, 0.6) is 0 Å². The maximum absolute atomic E-state index is 12.4. The topological polar surface area (TPSA) is 76.8 Å². The Morgan fingerprint density at radius 2 is 1.79 bits per heavy atom. The summed E-state index contributed by atoms with van der Waals surface area (Å²) in [6.07, 6.45) is -0.978. The number of carbonyl (C=O) groups is 2. The van der Waals surface area contributed by atoms with Crippen molar-refractivity contribution in [3.05, 3.63) is 63.7 Å². The number of hydrogen-bond donors (Lipinski definition) is 0. The third-order valence-corrected chi connectivity index (χ3v) is 3.64. The van der Waals surface area contributed by atoms with E-state index >= 15 is 0 Å². The molecule has 1 aromatic heterocycles. The maximum Gasteiger partial charge on any atom is 0.342 e. The van der Waals surface area contributed by atoms with E-state index in [4.69, 9.17) is 9.15 Å². The van der Waals surface area contributed by atoms with Gasteiger partial charge in [-0.25, -0.2) is 9.59 Å². The number of esters is 1. The molecule has 0 saturated carbocycles. The zero-order valence-electron chi connectivity index (χ0n) is 14.0. The molecule has 1 aromatic carbocycles. The maximum atomic E-state index is 12.4. The van der Waals surface area contributed by atoms with Gasteiger partial charge in [0.05, 0.1) is 0 Å². The van der Waals surface area contributed by atoms with Crippen LogP contribution in [0.25, 0.3) is 0 Å². The highest BCUT2D eigenvalue weighted by molar-refractivity contribution is 5.99. The first-order valence-corrected chi connectivity index (χ1v) is 7.46. The molecule has 1 heterocycles. The zero-order valence-corrected chi connectivity index (χ0v) is 14.0. The largest absolute Gasteiger partial charge is 0.449 e. The van der Waals surface area contributed by atoms with Crippen LogP contribution in [-0.2, 0) is 9.53 Å². The monoisotopic (exact) mass is 329 g/mol. The van der Waals surface area contributed by atoms with E-state index in [2.05, 4.69) is 0 Å². The number of rotatable bonds is 4. The van der Waals surface area contributed by atoms with Crippen molar-refractivity contribution in [2.24, 2.45) is 0 Å². The van der Waals surface area contributed by atoms with Gasteiger partial charge in [0.15, 0.2) is 6.10 Å². The van der Waals surface area contributed by atoms with Crippen molar-refractivity contribution >= 4 is 17.6 Å². The highest BCUT2D eigenvalue weighted by atomic mass is 16.5. The molecule has 0 bridgehead atoms. The standard InChI is InChI=1S/C18H19NO5/c1-11-10-15(20)23-12(2)16(11)18(22)24-13(3)17(21)19(4)14-8-6-5-7-9-14/h5-10,13H,1-4H3/t13-/m1/s1. The van der Waals surface area contributed by atoms with Crippen LogP contribution in [0, 0.1) is 13.8 Å². The van der Waals surface area contributed by atoms with Crippen LogP contribution < -0.4 is 10.5 Å². The summed E-state index contributed by atoms with van der Waals surface area (Å²) in [5, 5.41) is 0. The number of benzene rings is 1. The van der Waals surface area contributed by atoms with Crippen LogP contribution in [-0.4, -0.2) is 25.0 Å². The van der Waals surface area contributed by atoms with Gasteiger partial charge in [-0.15, -0.1) is 0 Å². The predicted octanol–water partition coefficient (Wildman–Crippen LogP) is 2.46. The molecular weight excluding hydrogens is 310 g/mol. The fraction of sp³-hybridized carbons (Fsp3) is 0.278. The van der Waals surface area contributed by atoms with Gasteiger partial charge < -0.3 is 14.1 Å². The number of carbonyl (C=O) groups excluding carboxylic acids is 2. The minimum Gasteiger partial charge on any atom is -0.449 e. The van der Waals surface area contributed by atoms with Crippen molar-refractivity contribution < 1.29 is 18.7 Å². The Morgan fingerprint density at radius 3 is 2.38 bits per heavy atom. The third-order valence-electron chi connectivity index (χ3n) is 3.64. The first-order valence-electron chi connectivity index (χ1n) is 7.46. The predicted molar refractivity (Wildman–Crippen MR) is 89.2 cm³/mol. The molecule has 2 aromatic rings. The summed E-state index contributed by atoms with van der Waals surface area (Å²) in [6.45, 7) is 4.63. The van der Waals surface area contributed by atoms with Crippen LogP contribution in [0.4, 0.5) is 5.69 Å². The number of aryl methyl sites for hydroxylation is 2. The molecule has 1 amide bonds. The molecule has 0 aliphatic carbocycles. The Balaban J connectivity index is 2.14. The van der Waals surface area contributed by atoms with Gasteiger partial charge in [0, 0.05) is 18.8 Å². The zero-order chi connectivity index (χ0) is 17.9. The molecule has 0 fully saturated rings. The van der Waals surface area contributed by atoms with Crippen molar-refractivity contribution in [2.45, 2.75) is 26.9 Å². The Morgan fingerprint density at radius 1 is 1.17 bits per heavy atom. The van der Waals surface area contributed by atoms with Crippen molar-refractivity contribution in [2.75, 3.05) is 11.9 Å². The SMILES string of the molecule is Cc1cc(=O)oc(C)c1C(=O)O[C@H](C)C(=O)N(C)c1ccccc1. The van der Waals surface area contributed by atoms with E-state index < -0.39 is 17.7 Å². The molecule has 0 spiro atoms. The quantitative estimate of drug-likeness (QED) is 0.805. The first kappa shape index (κ1) is 17.5. The van der Waals surface area contributed by atoms with Gasteiger partial charge in [-0.3, -0.25) is 4.79 Å². The van der Waals surface area contributed by atoms with Gasteiger partial charge in [0.2, 0.25) is 0 Å². The fourth-order valence-electron chi connectivity index (χ4n) is 2.38. The summed E-state index contributed by atoms with van der Waals surface area (Å²) >= 11 is 0. The van der Waals surface area contributed by atoms with Gasteiger partial charge in [0.25, 0.3) is 5.91 Å². The normalized spacial score (nSPS) is 11.7. The van der Waals surface area contributed by atoms with Crippen LogP contribution >= 0.6 is 0 Å². The second-order valence-corrected chi connectivity index (χ2v) is 5.46. The molecule has 0 aliphatic heterocycles. The molecule has 6 heteroatoms. The molecule has 0 radical (unpaired) electrons. The van der Waals surface area contributed by atoms with Gasteiger partial charge >= 0.3 is 11.6 Å². The summed E-state index contributed by atoms with van der Waals surface area (Å²) < 4.78 is 10.2. The minimum atomic E-state index is -0.978. The average molecular weight is 329 g/mol. The van der Waals surface area contributed by atoms with Crippen molar-refractivity contribution in [1.82, 2.24) is 0 Å². The van der Waals surface area contributed by atoms with Gasteiger partial charge in [-0.1, -0.05) is 18.2 Å². The molecule has 6 nitrogen and oxygen atoms in total. The summed E-state index contributed by atoms with van der Waals surface area (Å²) in [6, 6.07) is 10.3. The van der Waals surface area contributed by atoms with Gasteiger partial charge in [0.1, 0.15) is 11.3 Å². The van der Waals surface area contributed by atoms with Crippen LogP contribution in [0.3, 0.4) is 0 Å². The summed E-state index contributed by atoms with van der Waals surface area (Å²) in [4.78, 5) is 37.4. The molecule has 24 heavy (non-hydrogen) atoms. The molecule has 0 N–H and O–H groups in total. The second-order valence-electron chi connectivity index (χ2n) is 5.46. The van der Waals surface area contributed by atoms with Crippen molar-refractivity contribution in [1.29, 1.82) is 0 Å². The Labute approximate surface area is 139 Å². The highest BCUT2D eigenvalue weighted by Crippen LogP contribution is 2.16. The minimum absolute atomic E-state index is 0.164. The van der Waals surface area contributed by atoms with Crippen LogP contribution in [0.15, 0.2) is 45.6 Å². The van der Waals surface area contributed by atoms with Crippen LogP contribution in [0.1, 0.15) is 28.6 Å². The Hall–Kier alpha value is -2.89. The lowest BCUT2D eigenvalue weighted by Crippen LogP contribution is -2.37. The summed E-state index contributed by atoms with van der Waals surface area (Å²) in [7, 11) is 1.61. The number of likely N-dealkylation sites (N-methyl/N-ethyl adjacent to an activating group) is 1. The first-order chi connectivity index (χ1) is 11.3. The van der Waals surface area contributed by atoms with Gasteiger partial charge in [-0.05, 0) is 38.5 Å². The lowest BCUT2D eigenvalue weighted by Gasteiger charge is -2.21. The number of hydrogen-bond acceptors (Lipinski definition) is 5. The van der Waals surface area contributed by atoms with E-state index in [0.717, 1.165) is 0 Å². The van der Waals surface area contributed by atoms with E-state index in [1.807, 2.05) is 18.2 Å². The average Bonchev–Trinajstić information content (AvgIpc) is 2.53. The van der Waals surface area contributed by atoms with E-state index in [1.54, 1.807) is 26.1 Å². The summed E-state index contributed by atoms with van der Waals surface area (Å²) in [5.74, 6) is -0.889. The molecule has 0 unspecified atom stereocenters. The number of nitrogens with zero attached hydrogens (tertiary/aromatic N) is 1. The molecule has 126 valence electrons. The van der Waals surface area contributed by atoms with Gasteiger partial charge in [-0.2, -0.15) is 0 Å². The van der Waals surface area contributed by atoms with E-state index in [9.17, 15) is 14.4 Å². The molecular formula is C18H19NO5. The number of ether oxygens (including phenoxy) is 1. The Bertz CT molecular complexity index is 784. The third kappa shape index (κ3) is 3.71. The van der Waals surface area contributed by atoms with E-state index in [1.165, 1.54) is 24.8 Å². The number of anilines is 1. The van der Waals surface area contributed by atoms with E-state index in [0.29, 0.717) is 11.3 Å². The number of para-hydroxylation sites is 1. The van der Waals surface area contributed by atoms with Crippen molar-refractivity contribution in [3.63, 3.8) is 0 Å². The smallest absolute Gasteiger partial charge is 0.342 e. The lowest BCUT2D eigenvalue weighted by molar-refractivity contribution is -0.126. The fourth-order valence-corrected chi connectivity index (χ4v) is 2.38. The second kappa shape index (κ2) is 7.12. The molecule has 0 saturated heterocycles. The highest BCUT2D eigenvalue weighted by Gasteiger charge is 2.25. The lowest BCUT2D eigenvalue weighted by atomic mass is 10.1. The van der Waals surface area contributed by atoms with Crippen molar-refractivity contribution in [3.8, 4) is 0 Å².